The number of phenolic OH excluding ortho intramolecular Hbond substituents is 1. The topological polar surface area (TPSA) is 50.9 Å². The maximum atomic E-state index is 10.1. The van der Waals surface area contributed by atoms with E-state index in [9.17, 15) is 5.11 Å². The zero-order valence-electron chi connectivity index (χ0n) is 12.2. The molecule has 1 aromatic heterocycles. The third-order valence-electron chi connectivity index (χ3n) is 3.15. The average Bonchev–Trinajstić information content (AvgIpc) is 2.77. The van der Waals surface area contributed by atoms with E-state index in [2.05, 4.69) is 44.9 Å². The molecule has 0 amide bonds. The van der Waals surface area contributed by atoms with Crippen LogP contribution in [0.3, 0.4) is 0 Å². The number of hydrogen-bond acceptors (Lipinski definition) is 3. The molecule has 0 bridgehead atoms. The minimum atomic E-state index is -0.112. The minimum Gasteiger partial charge on any atom is -0.507 e. The van der Waals surface area contributed by atoms with Crippen molar-refractivity contribution in [3.05, 3.63) is 30.0 Å². The third kappa shape index (κ3) is 2.78. The van der Waals surface area contributed by atoms with Crippen molar-refractivity contribution in [2.24, 2.45) is 0 Å². The summed E-state index contributed by atoms with van der Waals surface area (Å²) in [4.78, 5) is 0. The van der Waals surface area contributed by atoms with Crippen LogP contribution in [0.4, 0.5) is 0 Å². The van der Waals surface area contributed by atoms with E-state index in [1.165, 1.54) is 0 Å². The van der Waals surface area contributed by atoms with Gasteiger partial charge in [-0.15, -0.1) is 5.10 Å². The molecule has 0 atom stereocenters. The van der Waals surface area contributed by atoms with Gasteiger partial charge in [-0.1, -0.05) is 25.1 Å². The quantitative estimate of drug-likeness (QED) is 0.897. The Labute approximate surface area is 114 Å². The fourth-order valence-electron chi connectivity index (χ4n) is 1.84. The Balaban J connectivity index is 2.40. The monoisotopic (exact) mass is 259 g/mol. The van der Waals surface area contributed by atoms with Gasteiger partial charge in [0.05, 0.1) is 11.7 Å². The summed E-state index contributed by atoms with van der Waals surface area (Å²) in [6, 6.07) is 5.73. The van der Waals surface area contributed by atoms with Crippen LogP contribution in [0.2, 0.25) is 0 Å². The van der Waals surface area contributed by atoms with E-state index in [0.29, 0.717) is 11.6 Å². The van der Waals surface area contributed by atoms with E-state index in [0.717, 1.165) is 11.1 Å². The lowest BCUT2D eigenvalue weighted by atomic mass is 10.00. The van der Waals surface area contributed by atoms with Gasteiger partial charge in [0.15, 0.2) is 0 Å². The fourth-order valence-corrected chi connectivity index (χ4v) is 1.84. The Morgan fingerprint density at radius 3 is 2.37 bits per heavy atom. The van der Waals surface area contributed by atoms with E-state index in [1.54, 1.807) is 10.7 Å². The number of nitrogens with zero attached hydrogens (tertiary/aromatic N) is 3. The molecule has 0 saturated carbocycles. The van der Waals surface area contributed by atoms with Gasteiger partial charge in [-0.25, -0.2) is 4.68 Å². The predicted molar refractivity (Wildman–Crippen MR) is 76.2 cm³/mol. The molecule has 102 valence electrons. The van der Waals surface area contributed by atoms with Crippen LogP contribution in [0, 0.1) is 0 Å². The molecule has 1 N–H and O–H groups in total. The second-order valence-corrected chi connectivity index (χ2v) is 6.15. The first-order valence-electron chi connectivity index (χ1n) is 6.55. The van der Waals surface area contributed by atoms with E-state index in [-0.39, 0.29) is 11.3 Å². The Morgan fingerprint density at radius 1 is 1.21 bits per heavy atom. The molecule has 4 heteroatoms. The Hall–Kier alpha value is -1.84. The van der Waals surface area contributed by atoms with Crippen molar-refractivity contribution in [1.29, 1.82) is 0 Å². The van der Waals surface area contributed by atoms with Gasteiger partial charge < -0.3 is 5.11 Å². The maximum absolute atomic E-state index is 10.1. The molecule has 19 heavy (non-hydrogen) atoms. The highest BCUT2D eigenvalue weighted by Crippen LogP contribution is 2.31. The first kappa shape index (κ1) is 13.6. The van der Waals surface area contributed by atoms with E-state index >= 15 is 0 Å². The zero-order chi connectivity index (χ0) is 14.2. The van der Waals surface area contributed by atoms with Gasteiger partial charge in [0.25, 0.3) is 0 Å². The summed E-state index contributed by atoms with van der Waals surface area (Å²) in [5.41, 5.74) is 2.42. The molecule has 0 spiro atoms. The Kier molecular flexibility index (Phi) is 3.35. The van der Waals surface area contributed by atoms with Gasteiger partial charge >= 0.3 is 0 Å². The molecule has 0 aliphatic heterocycles. The van der Waals surface area contributed by atoms with Crippen LogP contribution >= 0.6 is 0 Å². The van der Waals surface area contributed by atoms with Gasteiger partial charge in [-0.05, 0) is 44.4 Å². The summed E-state index contributed by atoms with van der Waals surface area (Å²) in [5.74, 6) is 0.650. The number of hydrogen-bond donors (Lipinski definition) is 1. The lowest BCUT2D eigenvalue weighted by Crippen LogP contribution is -2.22. The summed E-state index contributed by atoms with van der Waals surface area (Å²) >= 11 is 0. The largest absolute Gasteiger partial charge is 0.507 e. The van der Waals surface area contributed by atoms with Crippen molar-refractivity contribution in [3.8, 4) is 17.0 Å². The maximum Gasteiger partial charge on any atom is 0.125 e. The molecule has 0 saturated heterocycles. The molecule has 0 aliphatic carbocycles. The molecule has 0 radical (unpaired) electrons. The van der Waals surface area contributed by atoms with E-state index in [4.69, 9.17) is 0 Å². The van der Waals surface area contributed by atoms with Crippen molar-refractivity contribution in [1.82, 2.24) is 15.0 Å². The SMILES string of the molecule is CC(C)c1ccc(-c2cn(C(C)(C)C)nn2)c(O)c1. The first-order valence-corrected chi connectivity index (χ1v) is 6.55. The van der Waals surface area contributed by atoms with Crippen molar-refractivity contribution >= 4 is 0 Å². The van der Waals surface area contributed by atoms with Crippen molar-refractivity contribution in [2.45, 2.75) is 46.1 Å². The van der Waals surface area contributed by atoms with Crippen LogP contribution in [0.5, 0.6) is 5.75 Å². The Bertz CT molecular complexity index is 579. The lowest BCUT2D eigenvalue weighted by molar-refractivity contribution is 0.347. The Morgan fingerprint density at radius 2 is 1.89 bits per heavy atom. The van der Waals surface area contributed by atoms with Gasteiger partial charge in [0, 0.05) is 5.56 Å². The molecule has 2 aromatic rings. The van der Waals surface area contributed by atoms with Crippen molar-refractivity contribution in [2.75, 3.05) is 0 Å². The molecule has 1 heterocycles. The van der Waals surface area contributed by atoms with Crippen molar-refractivity contribution < 1.29 is 5.11 Å². The van der Waals surface area contributed by atoms with Crippen LogP contribution < -0.4 is 0 Å². The van der Waals surface area contributed by atoms with Crippen LogP contribution in [0.1, 0.15) is 46.1 Å². The summed E-state index contributed by atoms with van der Waals surface area (Å²) in [6.07, 6.45) is 1.87. The fraction of sp³-hybridized carbons (Fsp3) is 0.467. The lowest BCUT2D eigenvalue weighted by Gasteiger charge is -2.17. The van der Waals surface area contributed by atoms with Crippen LogP contribution in [-0.4, -0.2) is 20.1 Å². The molecule has 4 nitrogen and oxygen atoms in total. The average molecular weight is 259 g/mol. The highest BCUT2D eigenvalue weighted by molar-refractivity contribution is 5.66. The summed E-state index contributed by atoms with van der Waals surface area (Å²) in [5, 5.41) is 18.4. The standard InChI is InChI=1S/C15H21N3O/c1-10(2)11-6-7-12(14(19)8-11)13-9-18(17-16-13)15(3,4)5/h6-10,19H,1-5H3. The normalized spacial score (nSPS) is 12.1. The highest BCUT2D eigenvalue weighted by atomic mass is 16.3. The van der Waals surface area contributed by atoms with Crippen molar-refractivity contribution in [3.63, 3.8) is 0 Å². The second kappa shape index (κ2) is 4.68. The van der Waals surface area contributed by atoms with Gasteiger partial charge in [0.1, 0.15) is 11.4 Å². The molecule has 1 aromatic carbocycles. The molecule has 0 aliphatic rings. The number of aromatic nitrogens is 3. The second-order valence-electron chi connectivity index (χ2n) is 6.15. The molecule has 0 unspecified atom stereocenters. The van der Waals surface area contributed by atoms with Gasteiger partial charge in [0.2, 0.25) is 0 Å². The third-order valence-corrected chi connectivity index (χ3v) is 3.15. The smallest absolute Gasteiger partial charge is 0.125 e. The van der Waals surface area contributed by atoms with E-state index < -0.39 is 0 Å². The highest BCUT2D eigenvalue weighted by Gasteiger charge is 2.17. The minimum absolute atomic E-state index is 0.112. The number of rotatable bonds is 2. The van der Waals surface area contributed by atoms with Crippen LogP contribution in [-0.2, 0) is 5.54 Å². The molecule has 2 rings (SSSR count). The first-order chi connectivity index (χ1) is 8.79. The van der Waals surface area contributed by atoms with Crippen LogP contribution in [0.15, 0.2) is 24.4 Å². The molecular formula is C15H21N3O. The zero-order valence-corrected chi connectivity index (χ0v) is 12.2. The van der Waals surface area contributed by atoms with E-state index in [1.807, 2.05) is 18.3 Å². The van der Waals surface area contributed by atoms with Gasteiger partial charge in [-0.3, -0.25) is 0 Å². The summed E-state index contributed by atoms with van der Waals surface area (Å²) in [7, 11) is 0. The summed E-state index contributed by atoms with van der Waals surface area (Å²) < 4.78 is 1.80. The molecular weight excluding hydrogens is 238 g/mol. The molecule has 0 fully saturated rings. The van der Waals surface area contributed by atoms with Crippen LogP contribution in [0.25, 0.3) is 11.3 Å². The van der Waals surface area contributed by atoms with Gasteiger partial charge in [-0.2, -0.15) is 0 Å². The predicted octanol–water partition coefficient (Wildman–Crippen LogP) is 3.53. The number of aromatic hydroxyl groups is 1. The number of phenols is 1. The number of benzene rings is 1. The summed E-state index contributed by atoms with van der Waals surface area (Å²) in [6.45, 7) is 10.4.